The highest BCUT2D eigenvalue weighted by Gasteiger charge is 2.17. The molecule has 160 valence electrons. The van der Waals surface area contributed by atoms with Crippen LogP contribution in [-0.4, -0.2) is 38.3 Å². The van der Waals surface area contributed by atoms with Crippen molar-refractivity contribution in [3.8, 4) is 17.1 Å². The van der Waals surface area contributed by atoms with Gasteiger partial charge in [-0.05, 0) is 53.2 Å². The minimum absolute atomic E-state index is 0.0851. The van der Waals surface area contributed by atoms with Gasteiger partial charge in [0, 0.05) is 37.8 Å². The summed E-state index contributed by atoms with van der Waals surface area (Å²) in [5.41, 5.74) is 2.67. The van der Waals surface area contributed by atoms with Crippen molar-refractivity contribution in [2.45, 2.75) is 0 Å². The minimum atomic E-state index is -0.0851. The number of aromatic nitrogens is 1. The van der Waals surface area contributed by atoms with E-state index in [1.54, 1.807) is 7.11 Å². The lowest BCUT2D eigenvalue weighted by atomic mass is 10.1. The number of anilines is 1. The second-order valence-electron chi connectivity index (χ2n) is 7.95. The van der Waals surface area contributed by atoms with Gasteiger partial charge < -0.3 is 23.8 Å². The number of nitrogens with zero attached hydrogens (tertiary/aromatic N) is 2. The molecule has 1 saturated heterocycles. The average Bonchev–Trinajstić information content (AvgIpc) is 3.26. The lowest BCUT2D eigenvalue weighted by Gasteiger charge is -2.25. The number of oxazole rings is 1. The summed E-state index contributed by atoms with van der Waals surface area (Å²) in [6, 6.07) is 17.3. The molecule has 3 heterocycles. The third-order valence-corrected chi connectivity index (χ3v) is 5.94. The molecule has 6 rings (SSSR count). The van der Waals surface area contributed by atoms with Gasteiger partial charge in [0.25, 0.3) is 6.01 Å². The number of hydrogen-bond donors (Lipinski definition) is 1. The highest BCUT2D eigenvalue weighted by Crippen LogP contribution is 2.30. The maximum Gasteiger partial charge on any atom is 0.298 e. The minimum Gasteiger partial charge on any atom is -0.497 e. The maximum atomic E-state index is 12.9. The molecule has 1 fully saturated rings. The van der Waals surface area contributed by atoms with E-state index in [0.717, 1.165) is 53.8 Å². The molecular formula is C25H21N3O4. The van der Waals surface area contributed by atoms with Crippen molar-refractivity contribution in [1.82, 2.24) is 10.3 Å². The summed E-state index contributed by atoms with van der Waals surface area (Å²) in [6.45, 7) is 3.54. The first-order valence-corrected chi connectivity index (χ1v) is 10.6. The summed E-state index contributed by atoms with van der Waals surface area (Å²) < 4.78 is 17.5. The number of hydrogen-bond acceptors (Lipinski definition) is 7. The fourth-order valence-electron chi connectivity index (χ4n) is 4.20. The van der Waals surface area contributed by atoms with E-state index in [4.69, 9.17) is 13.6 Å². The van der Waals surface area contributed by atoms with Crippen molar-refractivity contribution < 1.29 is 13.6 Å². The van der Waals surface area contributed by atoms with Crippen molar-refractivity contribution in [1.29, 1.82) is 0 Å². The van der Waals surface area contributed by atoms with E-state index in [2.05, 4.69) is 15.2 Å². The normalized spacial score (nSPS) is 14.5. The molecule has 1 aliphatic rings. The number of methoxy groups -OCH3 is 1. The van der Waals surface area contributed by atoms with Crippen LogP contribution in [0, 0.1) is 0 Å². The van der Waals surface area contributed by atoms with Crippen LogP contribution in [0.2, 0.25) is 0 Å². The molecule has 0 saturated carbocycles. The first-order valence-electron chi connectivity index (χ1n) is 10.6. The highest BCUT2D eigenvalue weighted by molar-refractivity contribution is 5.96. The largest absolute Gasteiger partial charge is 0.497 e. The Hall–Kier alpha value is -3.84. The molecule has 0 bridgehead atoms. The highest BCUT2D eigenvalue weighted by atomic mass is 16.5. The predicted octanol–water partition coefficient (Wildman–Crippen LogP) is 4.17. The van der Waals surface area contributed by atoms with Gasteiger partial charge in [0.2, 0.25) is 0 Å². The van der Waals surface area contributed by atoms with Gasteiger partial charge >= 0.3 is 0 Å². The Kier molecular flexibility index (Phi) is 4.36. The molecule has 0 aliphatic carbocycles. The molecule has 0 atom stereocenters. The van der Waals surface area contributed by atoms with Crippen LogP contribution < -0.4 is 20.4 Å². The molecule has 1 aliphatic heterocycles. The molecule has 0 amide bonds. The number of ether oxygens (including phenoxy) is 1. The van der Waals surface area contributed by atoms with Crippen LogP contribution in [0.3, 0.4) is 0 Å². The number of rotatable bonds is 3. The molecule has 7 heteroatoms. The van der Waals surface area contributed by atoms with Crippen molar-refractivity contribution in [2.24, 2.45) is 0 Å². The molecule has 1 N–H and O–H groups in total. The topological polar surface area (TPSA) is 80.7 Å². The van der Waals surface area contributed by atoms with Crippen LogP contribution in [0.15, 0.2) is 68.2 Å². The van der Waals surface area contributed by atoms with Crippen LogP contribution in [0.25, 0.3) is 44.2 Å². The SMILES string of the molecule is COc1ccc2cc3c(=O)cc(-c4ccc5nc(N6CCNCC6)oc5c4)oc3cc2c1. The number of fused-ring (bicyclic) bond motifs is 3. The van der Waals surface area contributed by atoms with Crippen LogP contribution in [0.1, 0.15) is 0 Å². The van der Waals surface area contributed by atoms with Crippen LogP contribution >= 0.6 is 0 Å². The lowest BCUT2D eigenvalue weighted by molar-refractivity contribution is 0.415. The van der Waals surface area contributed by atoms with Gasteiger partial charge in [0.1, 0.15) is 22.6 Å². The van der Waals surface area contributed by atoms with Crippen molar-refractivity contribution >= 4 is 38.9 Å². The van der Waals surface area contributed by atoms with E-state index in [9.17, 15) is 4.79 Å². The molecule has 0 unspecified atom stereocenters. The fraction of sp³-hybridized carbons (Fsp3) is 0.200. The summed E-state index contributed by atoms with van der Waals surface area (Å²) >= 11 is 0. The van der Waals surface area contributed by atoms with Gasteiger partial charge in [0.15, 0.2) is 11.0 Å². The molecule has 32 heavy (non-hydrogen) atoms. The molecule has 0 spiro atoms. The van der Waals surface area contributed by atoms with Gasteiger partial charge in [-0.3, -0.25) is 4.79 Å². The Morgan fingerprint density at radius 1 is 0.938 bits per heavy atom. The maximum absolute atomic E-state index is 12.9. The molecule has 2 aromatic heterocycles. The van der Waals surface area contributed by atoms with Gasteiger partial charge in [-0.25, -0.2) is 0 Å². The van der Waals surface area contributed by atoms with Crippen molar-refractivity contribution in [3.05, 3.63) is 64.8 Å². The molecule has 5 aromatic rings. The van der Waals surface area contributed by atoms with Crippen LogP contribution in [0.5, 0.6) is 5.75 Å². The van der Waals surface area contributed by atoms with Gasteiger partial charge in [-0.1, -0.05) is 6.07 Å². The number of piperazine rings is 1. The first-order chi connectivity index (χ1) is 15.7. The van der Waals surface area contributed by atoms with E-state index in [1.807, 2.05) is 48.5 Å². The quantitative estimate of drug-likeness (QED) is 0.433. The van der Waals surface area contributed by atoms with Gasteiger partial charge in [-0.15, -0.1) is 0 Å². The fourth-order valence-corrected chi connectivity index (χ4v) is 4.20. The Morgan fingerprint density at radius 3 is 2.66 bits per heavy atom. The van der Waals surface area contributed by atoms with Gasteiger partial charge in [-0.2, -0.15) is 4.98 Å². The molecule has 0 radical (unpaired) electrons. The second-order valence-corrected chi connectivity index (χ2v) is 7.95. The standard InChI is InChI=1S/C25H21N3O4/c1-30-18-4-2-15-11-19-21(29)14-22(31-23(19)13-17(15)10-18)16-3-5-20-24(12-16)32-25(27-20)28-8-6-26-7-9-28/h2-5,10-14,26H,6-9H2,1H3. The lowest BCUT2D eigenvalue weighted by Crippen LogP contribution is -2.43. The van der Waals surface area contributed by atoms with E-state index < -0.39 is 0 Å². The second kappa shape index (κ2) is 7.39. The van der Waals surface area contributed by atoms with E-state index >= 15 is 0 Å². The Bertz CT molecular complexity index is 1530. The van der Waals surface area contributed by atoms with Crippen molar-refractivity contribution in [2.75, 3.05) is 38.2 Å². The Labute approximate surface area is 183 Å². The third-order valence-electron chi connectivity index (χ3n) is 5.94. The van der Waals surface area contributed by atoms with Crippen LogP contribution in [-0.2, 0) is 0 Å². The zero-order chi connectivity index (χ0) is 21.7. The smallest absolute Gasteiger partial charge is 0.298 e. The third kappa shape index (κ3) is 3.18. The molecule has 7 nitrogen and oxygen atoms in total. The summed E-state index contributed by atoms with van der Waals surface area (Å²) in [6.07, 6.45) is 0. The molecule has 3 aromatic carbocycles. The summed E-state index contributed by atoms with van der Waals surface area (Å²) in [4.78, 5) is 19.6. The van der Waals surface area contributed by atoms with Crippen molar-refractivity contribution in [3.63, 3.8) is 0 Å². The van der Waals surface area contributed by atoms with Gasteiger partial charge in [0.05, 0.1) is 12.5 Å². The first kappa shape index (κ1) is 18.9. The Morgan fingerprint density at radius 2 is 1.81 bits per heavy atom. The Balaban J connectivity index is 1.44. The van der Waals surface area contributed by atoms with E-state index in [-0.39, 0.29) is 5.43 Å². The summed E-state index contributed by atoms with van der Waals surface area (Å²) in [7, 11) is 1.63. The monoisotopic (exact) mass is 427 g/mol. The van der Waals surface area contributed by atoms with E-state index in [1.165, 1.54) is 6.07 Å². The number of benzene rings is 3. The summed E-state index contributed by atoms with van der Waals surface area (Å²) in [5.74, 6) is 1.25. The summed E-state index contributed by atoms with van der Waals surface area (Å²) in [5, 5.41) is 5.78. The zero-order valence-electron chi connectivity index (χ0n) is 17.6. The predicted molar refractivity (Wildman–Crippen MR) is 125 cm³/mol. The number of nitrogens with one attached hydrogen (secondary N) is 1. The zero-order valence-corrected chi connectivity index (χ0v) is 17.6. The molecular weight excluding hydrogens is 406 g/mol. The van der Waals surface area contributed by atoms with Crippen LogP contribution in [0.4, 0.5) is 6.01 Å². The average molecular weight is 427 g/mol. The van der Waals surface area contributed by atoms with E-state index in [0.29, 0.717) is 28.3 Å².